The molecule has 1 fully saturated rings. The highest BCUT2D eigenvalue weighted by Crippen LogP contribution is 2.31. The molecule has 10 heteroatoms. The van der Waals surface area contributed by atoms with Gasteiger partial charge in [-0.05, 0) is 38.0 Å². The lowest BCUT2D eigenvalue weighted by Gasteiger charge is -2.34. The van der Waals surface area contributed by atoms with Gasteiger partial charge in [0.05, 0.1) is 41.6 Å². The van der Waals surface area contributed by atoms with Crippen LogP contribution in [0.4, 0.5) is 14.5 Å². The molecule has 0 saturated carbocycles. The number of aromatic nitrogens is 3. The normalized spacial score (nSPS) is 16.6. The van der Waals surface area contributed by atoms with Crippen LogP contribution in [0, 0.1) is 6.92 Å². The van der Waals surface area contributed by atoms with Crippen molar-refractivity contribution < 1.29 is 8.78 Å². The van der Waals surface area contributed by atoms with E-state index in [1.807, 2.05) is 6.92 Å². The van der Waals surface area contributed by atoms with Gasteiger partial charge in [-0.3, -0.25) is 4.79 Å². The number of allylic oxidation sites excluding steroid dienone is 1. The Bertz CT molecular complexity index is 1050. The first-order chi connectivity index (χ1) is 15.1. The zero-order valence-corrected chi connectivity index (χ0v) is 18.8. The van der Waals surface area contributed by atoms with Crippen LogP contribution in [0.3, 0.4) is 0 Å². The van der Waals surface area contributed by atoms with E-state index < -0.39 is 5.92 Å². The van der Waals surface area contributed by atoms with E-state index in [-0.39, 0.29) is 25.1 Å². The lowest BCUT2D eigenvalue weighted by atomic mass is 10.1. The van der Waals surface area contributed by atoms with E-state index >= 15 is 0 Å². The standard InChI is InChI=1S/C22H31F2N7O/c1-4-6-16-9-11-27-31(21(16)32)13-19(29(3)26)20(25)17-7-8-18(15(2)28-17)30-12-5-10-22(23,24)14-30/h7-9,11H,4-6,10,12-14,25-26H2,1-3H3/b20-19-. The third kappa shape index (κ3) is 5.24. The molecule has 2 aromatic heterocycles. The molecule has 2 aromatic rings. The number of nitrogens with two attached hydrogens (primary N) is 2. The van der Waals surface area contributed by atoms with Gasteiger partial charge < -0.3 is 15.6 Å². The summed E-state index contributed by atoms with van der Waals surface area (Å²) in [4.78, 5) is 18.9. The second kappa shape index (κ2) is 9.64. The van der Waals surface area contributed by atoms with Crippen LogP contribution in [0.2, 0.25) is 0 Å². The number of rotatable bonds is 7. The fourth-order valence-electron chi connectivity index (χ4n) is 3.95. The summed E-state index contributed by atoms with van der Waals surface area (Å²) in [5.41, 5.74) is 9.37. The molecular weight excluding hydrogens is 416 g/mol. The van der Waals surface area contributed by atoms with Crippen molar-refractivity contribution in [1.29, 1.82) is 0 Å². The molecule has 1 aliphatic heterocycles. The summed E-state index contributed by atoms with van der Waals surface area (Å²) in [6.07, 6.45) is 3.42. The maximum Gasteiger partial charge on any atom is 0.270 e. The van der Waals surface area contributed by atoms with E-state index in [1.54, 1.807) is 43.3 Å². The number of pyridine rings is 1. The Morgan fingerprint density at radius 1 is 1.31 bits per heavy atom. The number of nitrogens with zero attached hydrogens (tertiary/aromatic N) is 5. The van der Waals surface area contributed by atoms with Crippen LogP contribution >= 0.6 is 0 Å². The molecule has 174 valence electrons. The predicted octanol–water partition coefficient (Wildman–Crippen LogP) is 2.27. The zero-order chi connectivity index (χ0) is 23.5. The summed E-state index contributed by atoms with van der Waals surface area (Å²) in [7, 11) is 1.63. The van der Waals surface area contributed by atoms with Gasteiger partial charge in [0.2, 0.25) is 0 Å². The van der Waals surface area contributed by atoms with E-state index in [1.165, 1.54) is 9.69 Å². The van der Waals surface area contributed by atoms with Crippen LogP contribution in [0.1, 0.15) is 43.1 Å². The average Bonchev–Trinajstić information content (AvgIpc) is 2.73. The number of piperidine rings is 1. The fourth-order valence-corrected chi connectivity index (χ4v) is 3.95. The minimum atomic E-state index is -2.70. The van der Waals surface area contributed by atoms with Crippen molar-refractivity contribution in [2.75, 3.05) is 25.0 Å². The van der Waals surface area contributed by atoms with Crippen LogP contribution in [-0.2, 0) is 13.0 Å². The second-order valence-corrected chi connectivity index (χ2v) is 8.22. The van der Waals surface area contributed by atoms with Crippen molar-refractivity contribution in [3.05, 3.63) is 57.4 Å². The number of hydrogen-bond acceptors (Lipinski definition) is 7. The van der Waals surface area contributed by atoms with E-state index in [2.05, 4.69) is 10.1 Å². The zero-order valence-electron chi connectivity index (χ0n) is 18.8. The number of likely N-dealkylation sites (N-methyl/N-ethyl adjacent to an activating group) is 1. The summed E-state index contributed by atoms with van der Waals surface area (Å²) in [6.45, 7) is 4.09. The molecule has 1 saturated heterocycles. The molecule has 3 rings (SSSR count). The van der Waals surface area contributed by atoms with Crippen LogP contribution in [0.5, 0.6) is 0 Å². The van der Waals surface area contributed by atoms with E-state index in [9.17, 15) is 13.6 Å². The molecule has 8 nitrogen and oxygen atoms in total. The Labute approximate surface area is 186 Å². The Balaban J connectivity index is 1.93. The van der Waals surface area contributed by atoms with E-state index in [4.69, 9.17) is 11.6 Å². The lowest BCUT2D eigenvalue weighted by molar-refractivity contribution is -0.0117. The molecule has 0 spiro atoms. The smallest absolute Gasteiger partial charge is 0.270 e. The summed E-state index contributed by atoms with van der Waals surface area (Å²) in [5.74, 6) is 3.31. The third-order valence-electron chi connectivity index (χ3n) is 5.61. The molecule has 3 heterocycles. The highest BCUT2D eigenvalue weighted by Gasteiger charge is 2.35. The van der Waals surface area contributed by atoms with Crippen molar-refractivity contribution >= 4 is 11.4 Å². The number of aryl methyl sites for hydroxylation is 2. The summed E-state index contributed by atoms with van der Waals surface area (Å²) in [5, 5.41) is 5.50. The SMILES string of the molecule is CCCc1ccnn(C/C(=C(/N)c2ccc(N3CCCC(F)(F)C3)c(C)n2)N(C)N)c1=O. The summed E-state index contributed by atoms with van der Waals surface area (Å²) < 4.78 is 29.0. The number of alkyl halides is 2. The highest BCUT2D eigenvalue weighted by molar-refractivity contribution is 5.65. The first-order valence-corrected chi connectivity index (χ1v) is 10.8. The monoisotopic (exact) mass is 447 g/mol. The molecule has 0 atom stereocenters. The molecule has 0 unspecified atom stereocenters. The predicted molar refractivity (Wildman–Crippen MR) is 121 cm³/mol. The van der Waals surface area contributed by atoms with Gasteiger partial charge in [0.15, 0.2) is 0 Å². The number of halogens is 2. The summed E-state index contributed by atoms with van der Waals surface area (Å²) >= 11 is 0. The van der Waals surface area contributed by atoms with Crippen LogP contribution in [0.15, 0.2) is 34.9 Å². The van der Waals surface area contributed by atoms with Crippen LogP contribution in [0.25, 0.3) is 5.70 Å². The second-order valence-electron chi connectivity index (χ2n) is 8.22. The average molecular weight is 448 g/mol. The molecule has 0 aliphatic carbocycles. The van der Waals surface area contributed by atoms with Crippen molar-refractivity contribution in [2.24, 2.45) is 11.6 Å². The molecule has 0 radical (unpaired) electrons. The third-order valence-corrected chi connectivity index (χ3v) is 5.61. The van der Waals surface area contributed by atoms with E-state index in [0.29, 0.717) is 53.4 Å². The quantitative estimate of drug-likeness (QED) is 0.495. The highest BCUT2D eigenvalue weighted by atomic mass is 19.3. The van der Waals surface area contributed by atoms with Gasteiger partial charge in [-0.15, -0.1) is 0 Å². The van der Waals surface area contributed by atoms with Crippen LogP contribution < -0.4 is 22.0 Å². The van der Waals surface area contributed by atoms with Crippen molar-refractivity contribution in [1.82, 2.24) is 19.8 Å². The minimum absolute atomic E-state index is 0.0794. The number of hydrazine groups is 1. The molecule has 1 aliphatic rings. The molecule has 32 heavy (non-hydrogen) atoms. The van der Waals surface area contributed by atoms with Gasteiger partial charge in [0.25, 0.3) is 11.5 Å². The number of hydrogen-bond donors (Lipinski definition) is 2. The fraction of sp³-hybridized carbons (Fsp3) is 0.500. The Morgan fingerprint density at radius 3 is 2.69 bits per heavy atom. The molecule has 0 aromatic carbocycles. The Hall–Kier alpha value is -3.01. The van der Waals surface area contributed by atoms with Gasteiger partial charge in [-0.1, -0.05) is 13.3 Å². The van der Waals surface area contributed by atoms with Crippen molar-refractivity contribution in [3.8, 4) is 0 Å². The van der Waals surface area contributed by atoms with Gasteiger partial charge >= 0.3 is 0 Å². The minimum Gasteiger partial charge on any atom is -0.395 e. The Morgan fingerprint density at radius 2 is 2.06 bits per heavy atom. The molecule has 0 bridgehead atoms. The van der Waals surface area contributed by atoms with Gasteiger partial charge in [0, 0.05) is 31.8 Å². The first-order valence-electron chi connectivity index (χ1n) is 10.8. The van der Waals surface area contributed by atoms with E-state index in [0.717, 1.165) is 6.42 Å². The molecule has 4 N–H and O–H groups in total. The van der Waals surface area contributed by atoms with Gasteiger partial charge in [-0.25, -0.2) is 24.3 Å². The largest absolute Gasteiger partial charge is 0.395 e. The van der Waals surface area contributed by atoms with Gasteiger partial charge in [0.1, 0.15) is 0 Å². The maximum atomic E-state index is 13.8. The maximum absolute atomic E-state index is 13.8. The van der Waals surface area contributed by atoms with Crippen LogP contribution in [-0.4, -0.2) is 45.8 Å². The lowest BCUT2D eigenvalue weighted by Crippen LogP contribution is -2.43. The summed E-state index contributed by atoms with van der Waals surface area (Å²) in [6, 6.07) is 5.17. The molecular formula is C22H31F2N7O. The van der Waals surface area contributed by atoms with Crippen molar-refractivity contribution in [3.63, 3.8) is 0 Å². The van der Waals surface area contributed by atoms with Gasteiger partial charge in [-0.2, -0.15) is 5.10 Å². The first kappa shape index (κ1) is 23.6. The topological polar surface area (TPSA) is 106 Å². The number of anilines is 1. The molecule has 0 amide bonds. The Kier molecular flexibility index (Phi) is 7.12. The van der Waals surface area contributed by atoms with Crippen molar-refractivity contribution in [2.45, 2.75) is 52.0 Å².